The van der Waals surface area contributed by atoms with Gasteiger partial charge in [0.15, 0.2) is 0 Å². The van der Waals surface area contributed by atoms with Crippen molar-refractivity contribution in [2.75, 3.05) is 0 Å². The molecule has 0 bridgehead atoms. The highest BCUT2D eigenvalue weighted by Gasteiger charge is 2.38. The molecule has 276 valence electrons. The molecule has 0 aliphatic heterocycles. The van der Waals surface area contributed by atoms with Gasteiger partial charge in [-0.15, -0.1) is 0 Å². The normalized spacial score (nSPS) is 15.6. The number of allylic oxidation sites excluding steroid dienone is 7. The summed E-state index contributed by atoms with van der Waals surface area (Å²) in [5, 5.41) is 12.7. The number of benzene rings is 6. The molecule has 55 heavy (non-hydrogen) atoms. The van der Waals surface area contributed by atoms with Crippen molar-refractivity contribution in [3.63, 3.8) is 0 Å². The SMILES string of the molecule is C/C=C\C1=C(/C=C/c2cccc(-c3cccc(C(NCc4ccccc4)NC(N)C(/C=C\CC)=C/C)c3)c2)c2c(c3ccccc3c3ccccc23)C1(C)C. The van der Waals surface area contributed by atoms with Crippen molar-refractivity contribution in [3.8, 4) is 11.1 Å². The van der Waals surface area contributed by atoms with E-state index in [0.717, 1.165) is 28.7 Å². The molecular formula is C52H53N3. The van der Waals surface area contributed by atoms with Crippen molar-refractivity contribution in [1.29, 1.82) is 0 Å². The number of hydrogen-bond acceptors (Lipinski definition) is 3. The molecule has 4 N–H and O–H groups in total. The minimum absolute atomic E-state index is 0.158. The van der Waals surface area contributed by atoms with Gasteiger partial charge in [0.25, 0.3) is 0 Å². The first kappa shape index (κ1) is 37.7. The minimum Gasteiger partial charge on any atom is -0.312 e. The summed E-state index contributed by atoms with van der Waals surface area (Å²) in [7, 11) is 0. The summed E-state index contributed by atoms with van der Waals surface area (Å²) in [5.74, 6) is 0. The third-order valence-electron chi connectivity index (χ3n) is 10.9. The maximum atomic E-state index is 6.78. The number of fused-ring (bicyclic) bond motifs is 6. The summed E-state index contributed by atoms with van der Waals surface area (Å²) < 4.78 is 0. The quantitative estimate of drug-likeness (QED) is 0.0633. The molecule has 0 saturated carbocycles. The number of rotatable bonds is 13. The predicted molar refractivity (Wildman–Crippen MR) is 237 cm³/mol. The topological polar surface area (TPSA) is 50.1 Å². The maximum absolute atomic E-state index is 6.78. The van der Waals surface area contributed by atoms with E-state index in [4.69, 9.17) is 5.73 Å². The standard InChI is InChI=1S/C52H53N3/c1-6-9-23-38(8-3)50(53)55-51(54-35-37-20-11-10-12-21-37)41-26-18-25-40(34-41)39-24-17-22-36(33-39)31-32-46-47(19-7-2)52(4,5)49-45-30-16-14-28-43(45)42-27-13-15-29-44(42)48(46)49/h7-34,50-51,54-55H,6,35,53H2,1-5H3/b19-7-,23-9-,32-31+,38-8+. The minimum atomic E-state index is -0.333. The van der Waals surface area contributed by atoms with Crippen LogP contribution >= 0.6 is 0 Å². The lowest BCUT2D eigenvalue weighted by molar-refractivity contribution is 0.405. The van der Waals surface area contributed by atoms with E-state index >= 15 is 0 Å². The van der Waals surface area contributed by atoms with Crippen LogP contribution in [0.25, 0.3) is 44.3 Å². The van der Waals surface area contributed by atoms with Gasteiger partial charge in [-0.3, -0.25) is 10.6 Å². The molecule has 3 nitrogen and oxygen atoms in total. The average Bonchev–Trinajstić information content (AvgIpc) is 3.45. The first-order valence-corrected chi connectivity index (χ1v) is 19.7. The van der Waals surface area contributed by atoms with Crippen LogP contribution in [0.1, 0.15) is 75.0 Å². The zero-order valence-corrected chi connectivity index (χ0v) is 32.8. The lowest BCUT2D eigenvalue weighted by atomic mass is 9.78. The Bertz CT molecular complexity index is 2460. The van der Waals surface area contributed by atoms with Crippen LogP contribution in [0.3, 0.4) is 0 Å². The molecule has 0 radical (unpaired) electrons. The van der Waals surface area contributed by atoms with Gasteiger partial charge in [-0.1, -0.05) is 179 Å². The van der Waals surface area contributed by atoms with Crippen molar-refractivity contribution in [2.24, 2.45) is 5.73 Å². The lowest BCUT2D eigenvalue weighted by Crippen LogP contribution is -2.46. The van der Waals surface area contributed by atoms with Gasteiger partial charge in [-0.05, 0) is 110 Å². The van der Waals surface area contributed by atoms with Crippen LogP contribution in [0.2, 0.25) is 0 Å². The molecule has 6 aromatic carbocycles. The van der Waals surface area contributed by atoms with E-state index in [2.05, 4.69) is 208 Å². The molecule has 0 fully saturated rings. The zero-order chi connectivity index (χ0) is 38.4. The zero-order valence-electron chi connectivity index (χ0n) is 32.8. The molecule has 0 amide bonds. The van der Waals surface area contributed by atoms with Crippen molar-refractivity contribution in [1.82, 2.24) is 10.6 Å². The van der Waals surface area contributed by atoms with Gasteiger partial charge in [0, 0.05) is 12.0 Å². The van der Waals surface area contributed by atoms with E-state index < -0.39 is 0 Å². The predicted octanol–water partition coefficient (Wildman–Crippen LogP) is 12.6. The third-order valence-corrected chi connectivity index (χ3v) is 10.9. The largest absolute Gasteiger partial charge is 0.312 e. The van der Waals surface area contributed by atoms with Crippen LogP contribution in [-0.2, 0) is 12.0 Å². The second-order valence-corrected chi connectivity index (χ2v) is 14.9. The van der Waals surface area contributed by atoms with Crippen LogP contribution < -0.4 is 16.4 Å². The Hall–Kier alpha value is -5.58. The second kappa shape index (κ2) is 16.8. The molecule has 2 atom stereocenters. The van der Waals surface area contributed by atoms with Crippen LogP contribution in [0.4, 0.5) is 0 Å². The summed E-state index contributed by atoms with van der Waals surface area (Å²) in [6.07, 6.45) is 15.9. The van der Waals surface area contributed by atoms with Crippen molar-refractivity contribution in [2.45, 2.75) is 65.3 Å². The van der Waals surface area contributed by atoms with Crippen molar-refractivity contribution in [3.05, 3.63) is 203 Å². The summed E-state index contributed by atoms with van der Waals surface area (Å²) in [6.45, 7) is 11.8. The Balaban J connectivity index is 1.24. The van der Waals surface area contributed by atoms with Gasteiger partial charge in [-0.2, -0.15) is 0 Å². The highest BCUT2D eigenvalue weighted by atomic mass is 15.2. The number of nitrogens with one attached hydrogen (secondary N) is 2. The van der Waals surface area contributed by atoms with Crippen LogP contribution in [0.5, 0.6) is 0 Å². The van der Waals surface area contributed by atoms with Gasteiger partial charge < -0.3 is 5.73 Å². The Morgan fingerprint density at radius 1 is 0.709 bits per heavy atom. The first-order valence-electron chi connectivity index (χ1n) is 19.7. The summed E-state index contributed by atoms with van der Waals surface area (Å²) in [4.78, 5) is 0. The fourth-order valence-corrected chi connectivity index (χ4v) is 8.21. The molecule has 0 saturated heterocycles. The Labute approximate surface area is 327 Å². The lowest BCUT2D eigenvalue weighted by Gasteiger charge is -2.26. The molecular weight excluding hydrogens is 667 g/mol. The molecule has 1 aliphatic rings. The highest BCUT2D eigenvalue weighted by Crippen LogP contribution is 2.53. The Kier molecular flexibility index (Phi) is 11.5. The number of hydrogen-bond donors (Lipinski definition) is 3. The maximum Gasteiger partial charge on any atom is 0.0852 e. The molecule has 6 aromatic rings. The summed E-state index contributed by atoms with van der Waals surface area (Å²) in [5.41, 5.74) is 18.9. The fourth-order valence-electron chi connectivity index (χ4n) is 8.21. The van der Waals surface area contributed by atoms with Crippen LogP contribution in [0.15, 0.2) is 175 Å². The smallest absolute Gasteiger partial charge is 0.0852 e. The molecule has 0 heterocycles. The highest BCUT2D eigenvalue weighted by molar-refractivity contribution is 6.17. The number of nitrogens with two attached hydrogens (primary N) is 1. The van der Waals surface area contributed by atoms with E-state index in [1.807, 2.05) is 6.92 Å². The van der Waals surface area contributed by atoms with Gasteiger partial charge in [0.1, 0.15) is 0 Å². The first-order chi connectivity index (χ1) is 26.8. The molecule has 3 heteroatoms. The van der Waals surface area contributed by atoms with Crippen molar-refractivity contribution < 1.29 is 0 Å². The van der Waals surface area contributed by atoms with E-state index in [0.29, 0.717) is 6.54 Å². The van der Waals surface area contributed by atoms with Gasteiger partial charge in [0.2, 0.25) is 0 Å². The second-order valence-electron chi connectivity index (χ2n) is 14.9. The summed E-state index contributed by atoms with van der Waals surface area (Å²) >= 11 is 0. The fraction of sp³-hybridized carbons (Fsp3) is 0.192. The van der Waals surface area contributed by atoms with Crippen LogP contribution in [0, 0.1) is 0 Å². The van der Waals surface area contributed by atoms with Gasteiger partial charge >= 0.3 is 0 Å². The van der Waals surface area contributed by atoms with Crippen molar-refractivity contribution >= 4 is 33.2 Å². The van der Waals surface area contributed by atoms with E-state index in [9.17, 15) is 0 Å². The average molecular weight is 720 g/mol. The van der Waals surface area contributed by atoms with E-state index in [1.165, 1.54) is 54.9 Å². The monoisotopic (exact) mass is 719 g/mol. The van der Waals surface area contributed by atoms with Crippen LogP contribution in [-0.4, -0.2) is 6.17 Å². The Morgan fingerprint density at radius 2 is 1.36 bits per heavy atom. The summed E-state index contributed by atoms with van der Waals surface area (Å²) in [6, 6.07) is 46.0. The van der Waals surface area contributed by atoms with E-state index in [1.54, 1.807) is 0 Å². The Morgan fingerprint density at radius 3 is 2.07 bits per heavy atom. The molecule has 1 aliphatic carbocycles. The van der Waals surface area contributed by atoms with Gasteiger partial charge in [-0.25, -0.2) is 0 Å². The van der Waals surface area contributed by atoms with Gasteiger partial charge in [0.05, 0.1) is 12.3 Å². The van der Waals surface area contributed by atoms with E-state index in [-0.39, 0.29) is 17.7 Å². The third kappa shape index (κ3) is 7.83. The molecule has 0 aromatic heterocycles. The molecule has 0 spiro atoms. The molecule has 2 unspecified atom stereocenters. The molecule has 7 rings (SSSR count).